The number of nitrogens with zero attached hydrogens (tertiary/aromatic N) is 1. The Kier molecular flexibility index (Phi) is 7.83. The lowest BCUT2D eigenvalue weighted by Gasteiger charge is -2.45. The molecule has 1 heterocycles. The third-order valence-electron chi connectivity index (χ3n) is 6.23. The molecular weight excluding hydrogens is 457 g/mol. The smallest absolute Gasteiger partial charge is 0.348 e. The molecule has 2 aliphatic carbocycles. The lowest BCUT2D eigenvalue weighted by molar-refractivity contribution is -0.125. The molecule has 2 fully saturated rings. The molecule has 1 aromatic heterocycles. The summed E-state index contributed by atoms with van der Waals surface area (Å²) in [6.07, 6.45) is 4.62. The van der Waals surface area contributed by atoms with Crippen LogP contribution >= 0.6 is 18.7 Å². The molecule has 0 radical (unpaired) electrons. The molecule has 2 saturated carbocycles. The summed E-state index contributed by atoms with van der Waals surface area (Å²) in [4.78, 5) is 28.4. The molecule has 8 heteroatoms. The average molecular weight is 494 g/mol. The Morgan fingerprint density at radius 2 is 1.79 bits per heavy atom. The van der Waals surface area contributed by atoms with E-state index < -0.39 is 13.3 Å². The van der Waals surface area contributed by atoms with Crippen molar-refractivity contribution in [1.29, 1.82) is 0 Å². The number of amides is 1. The van der Waals surface area contributed by atoms with E-state index in [0.29, 0.717) is 29.3 Å². The summed E-state index contributed by atoms with van der Waals surface area (Å²) >= 11 is 1.10. The Labute approximate surface area is 201 Å². The highest BCUT2D eigenvalue weighted by atomic mass is 32.1. The lowest BCUT2D eigenvalue weighted by atomic mass is 9.80. The normalized spacial score (nSPS) is 25.5. The van der Waals surface area contributed by atoms with Crippen LogP contribution in [0.4, 0.5) is 5.69 Å². The van der Waals surface area contributed by atoms with Gasteiger partial charge in [0.05, 0.1) is 22.7 Å². The second-order valence-electron chi connectivity index (χ2n) is 10.8. The maximum absolute atomic E-state index is 13.8. The molecule has 33 heavy (non-hydrogen) atoms. The van der Waals surface area contributed by atoms with E-state index >= 15 is 0 Å². The van der Waals surface area contributed by atoms with E-state index in [9.17, 15) is 19.3 Å². The van der Waals surface area contributed by atoms with Gasteiger partial charge in [-0.25, -0.2) is 4.79 Å². The van der Waals surface area contributed by atoms with Crippen LogP contribution in [0.25, 0.3) is 0 Å². The van der Waals surface area contributed by atoms with E-state index in [0.717, 1.165) is 37.0 Å². The fraction of sp³-hybridized carbons (Fsp3) is 0.680. The van der Waals surface area contributed by atoms with Gasteiger partial charge in [0.1, 0.15) is 4.88 Å². The summed E-state index contributed by atoms with van der Waals surface area (Å²) < 4.78 is 18.2. The quantitative estimate of drug-likeness (QED) is 0.383. The van der Waals surface area contributed by atoms with E-state index in [-0.39, 0.29) is 34.3 Å². The zero-order chi connectivity index (χ0) is 24.6. The van der Waals surface area contributed by atoms with Gasteiger partial charge in [-0.15, -0.1) is 11.3 Å². The Balaban J connectivity index is 2.02. The molecule has 0 saturated heterocycles. The summed E-state index contributed by atoms with van der Waals surface area (Å²) in [5.74, 6) is 5.60. The molecule has 1 N–H and O–H groups in total. The maximum Gasteiger partial charge on any atom is 0.348 e. The van der Waals surface area contributed by atoms with Crippen molar-refractivity contribution in [2.45, 2.75) is 78.4 Å². The van der Waals surface area contributed by atoms with Crippen molar-refractivity contribution >= 4 is 36.3 Å². The van der Waals surface area contributed by atoms with Gasteiger partial charge in [-0.1, -0.05) is 18.8 Å². The van der Waals surface area contributed by atoms with Crippen LogP contribution in [0.1, 0.15) is 80.8 Å². The van der Waals surface area contributed by atoms with Crippen molar-refractivity contribution in [2.24, 2.45) is 17.3 Å². The van der Waals surface area contributed by atoms with Gasteiger partial charge >= 0.3 is 5.97 Å². The Bertz CT molecular complexity index is 1000. The van der Waals surface area contributed by atoms with Gasteiger partial charge in [-0.05, 0) is 71.3 Å². The van der Waals surface area contributed by atoms with Crippen molar-refractivity contribution in [2.75, 3.05) is 18.2 Å². The van der Waals surface area contributed by atoms with Crippen LogP contribution in [0.5, 0.6) is 0 Å². The van der Waals surface area contributed by atoms with Crippen LogP contribution in [0, 0.1) is 29.1 Å². The number of carbonyl (C=O) groups excluding carboxylic acids is 1. The van der Waals surface area contributed by atoms with Gasteiger partial charge in [0.15, 0.2) is 7.37 Å². The fourth-order valence-electron chi connectivity index (χ4n) is 4.39. The summed E-state index contributed by atoms with van der Waals surface area (Å²) in [5.41, 5.74) is 0.174. The second-order valence-corrected chi connectivity index (χ2v) is 14.6. The van der Waals surface area contributed by atoms with Crippen LogP contribution < -0.4 is 4.90 Å². The zero-order valence-electron chi connectivity index (χ0n) is 20.5. The summed E-state index contributed by atoms with van der Waals surface area (Å²) in [6, 6.07) is 1.42. The molecule has 0 unspecified atom stereocenters. The van der Waals surface area contributed by atoms with Crippen LogP contribution in [-0.2, 0) is 13.9 Å². The first kappa shape index (κ1) is 26.0. The molecule has 0 aliphatic heterocycles. The Hall–Kier alpha value is -1.61. The van der Waals surface area contributed by atoms with Gasteiger partial charge in [-0.3, -0.25) is 9.36 Å². The number of hydrogen-bond donors (Lipinski definition) is 1. The Morgan fingerprint density at radius 1 is 1.15 bits per heavy atom. The zero-order valence-corrected chi connectivity index (χ0v) is 22.2. The predicted octanol–water partition coefficient (Wildman–Crippen LogP) is 6.09. The minimum atomic E-state index is -2.76. The monoisotopic (exact) mass is 493 g/mol. The van der Waals surface area contributed by atoms with Gasteiger partial charge in [0.25, 0.3) is 0 Å². The third-order valence-corrected chi connectivity index (χ3v) is 8.03. The molecule has 2 aliphatic rings. The first-order chi connectivity index (χ1) is 15.2. The van der Waals surface area contributed by atoms with E-state index in [2.05, 4.69) is 18.8 Å². The van der Waals surface area contributed by atoms with E-state index in [1.165, 1.54) is 0 Å². The van der Waals surface area contributed by atoms with E-state index in [1.54, 1.807) is 24.3 Å². The van der Waals surface area contributed by atoms with Crippen LogP contribution in [0.2, 0.25) is 0 Å². The molecule has 1 amide bonds. The van der Waals surface area contributed by atoms with Crippen molar-refractivity contribution in [3.05, 3.63) is 15.8 Å². The highest BCUT2D eigenvalue weighted by Crippen LogP contribution is 2.47. The number of carboxylic acid groups (broad SMARTS) is 1. The molecule has 6 nitrogen and oxygen atoms in total. The lowest BCUT2D eigenvalue weighted by Crippen LogP contribution is -2.56. The van der Waals surface area contributed by atoms with Crippen LogP contribution in [-0.4, -0.2) is 42.5 Å². The molecule has 1 aromatic rings. The second kappa shape index (κ2) is 9.94. The fourth-order valence-corrected chi connectivity index (χ4v) is 6.12. The van der Waals surface area contributed by atoms with Gasteiger partial charge in [0.2, 0.25) is 5.91 Å². The van der Waals surface area contributed by atoms with Crippen LogP contribution in [0.15, 0.2) is 6.07 Å². The number of rotatable bonds is 6. The molecule has 3 rings (SSSR count). The van der Waals surface area contributed by atoms with Gasteiger partial charge in [-0.2, -0.15) is 0 Å². The summed E-state index contributed by atoms with van der Waals surface area (Å²) in [7, 11) is -2.76. The predicted molar refractivity (Wildman–Crippen MR) is 134 cm³/mol. The minimum absolute atomic E-state index is 0.0436. The number of anilines is 1. The Morgan fingerprint density at radius 3 is 2.27 bits per heavy atom. The number of carbonyl (C=O) groups is 2. The largest absolute Gasteiger partial charge is 0.477 e. The summed E-state index contributed by atoms with van der Waals surface area (Å²) in [5, 5.41) is 9.96. The standard InChI is InChI=1S/C25H36NO5PS/c1-16-7-9-17(10-8-16)23(27)26(19-11-12-21(19)31-32(5,6)30)20-15-18(13-14-25(2,3)4)33-22(20)24(28)29/h15-17,19,21H,7-12H2,1-6H3,(H,28,29)/t16?,17?,19-,21-/m0/s1. The molecule has 0 spiro atoms. The first-order valence-electron chi connectivity index (χ1n) is 11.7. The van der Waals surface area contributed by atoms with E-state index in [1.807, 2.05) is 20.8 Å². The number of thiophene rings is 1. The maximum atomic E-state index is 13.8. The average Bonchev–Trinajstić information content (AvgIpc) is 3.11. The van der Waals surface area contributed by atoms with Gasteiger partial charge < -0.3 is 14.5 Å². The molecule has 0 bridgehead atoms. The minimum Gasteiger partial charge on any atom is -0.477 e. The highest BCUT2D eigenvalue weighted by molar-refractivity contribution is 7.57. The first-order valence-corrected chi connectivity index (χ1v) is 15.1. The molecule has 182 valence electrons. The molecule has 0 aromatic carbocycles. The molecule has 2 atom stereocenters. The van der Waals surface area contributed by atoms with Crippen LogP contribution in [0.3, 0.4) is 0 Å². The van der Waals surface area contributed by atoms with Crippen molar-refractivity contribution in [3.8, 4) is 11.8 Å². The number of carboxylic acids is 1. The van der Waals surface area contributed by atoms with Crippen molar-refractivity contribution in [1.82, 2.24) is 0 Å². The topological polar surface area (TPSA) is 83.9 Å². The highest BCUT2D eigenvalue weighted by Gasteiger charge is 2.44. The summed E-state index contributed by atoms with van der Waals surface area (Å²) in [6.45, 7) is 11.3. The molecular formula is C25H36NO5PS. The number of aromatic carboxylic acids is 1. The number of hydrogen-bond acceptors (Lipinski definition) is 5. The van der Waals surface area contributed by atoms with E-state index in [4.69, 9.17) is 4.52 Å². The third kappa shape index (κ3) is 6.72. The van der Waals surface area contributed by atoms with Crippen molar-refractivity contribution in [3.63, 3.8) is 0 Å². The van der Waals surface area contributed by atoms with Gasteiger partial charge in [0, 0.05) is 24.7 Å². The van der Waals surface area contributed by atoms with Crippen molar-refractivity contribution < 1.29 is 23.8 Å². The SMILES string of the molecule is CC1CCC(C(=O)N(c2cc(C#CC(C)(C)C)sc2C(=O)O)[C@H]2CC[C@@H]2OP(C)(C)=O)CC1.